The number of hydrogen-bond donors (Lipinski definition) is 2. The molecule has 0 aromatic heterocycles. The Bertz CT molecular complexity index is 836. The molecule has 0 heterocycles. The van der Waals surface area contributed by atoms with Gasteiger partial charge in [-0.15, -0.1) is 0 Å². The van der Waals surface area contributed by atoms with Crippen molar-refractivity contribution in [2.45, 2.75) is 0 Å². The maximum absolute atomic E-state index is 12.2. The molecular formula is C20H21ClN2O4. The summed E-state index contributed by atoms with van der Waals surface area (Å²) in [5.41, 5.74) is 1.20. The topological polar surface area (TPSA) is 76.7 Å². The zero-order valence-electron chi connectivity index (χ0n) is 15.1. The van der Waals surface area contributed by atoms with E-state index in [2.05, 4.69) is 10.6 Å². The maximum atomic E-state index is 12.2. The predicted molar refractivity (Wildman–Crippen MR) is 105 cm³/mol. The van der Waals surface area contributed by atoms with Gasteiger partial charge < -0.3 is 20.1 Å². The van der Waals surface area contributed by atoms with E-state index in [4.69, 9.17) is 21.1 Å². The third kappa shape index (κ3) is 6.04. The van der Waals surface area contributed by atoms with Crippen LogP contribution in [0.5, 0.6) is 11.5 Å². The number of amides is 2. The van der Waals surface area contributed by atoms with E-state index in [9.17, 15) is 9.59 Å². The predicted octanol–water partition coefficient (Wildman–Crippen LogP) is 2.92. The number of halogens is 1. The Morgan fingerprint density at radius 2 is 1.70 bits per heavy atom. The number of carbonyl (C=O) groups excluding carboxylic acids is 2. The summed E-state index contributed by atoms with van der Waals surface area (Å²) in [6, 6.07) is 12.1. The van der Waals surface area contributed by atoms with E-state index >= 15 is 0 Å². The fourth-order valence-corrected chi connectivity index (χ4v) is 2.47. The molecule has 142 valence electrons. The maximum Gasteiger partial charge on any atom is 0.251 e. The van der Waals surface area contributed by atoms with Crippen LogP contribution in [0.1, 0.15) is 15.9 Å². The molecule has 7 heteroatoms. The highest BCUT2D eigenvalue weighted by Gasteiger charge is 2.10. The van der Waals surface area contributed by atoms with Crippen molar-refractivity contribution in [2.24, 2.45) is 0 Å². The van der Waals surface area contributed by atoms with Gasteiger partial charge in [0, 0.05) is 29.8 Å². The van der Waals surface area contributed by atoms with Crippen LogP contribution >= 0.6 is 11.6 Å². The number of hydrogen-bond acceptors (Lipinski definition) is 4. The molecule has 2 amide bonds. The third-order valence-electron chi connectivity index (χ3n) is 3.68. The van der Waals surface area contributed by atoms with Gasteiger partial charge >= 0.3 is 0 Å². The van der Waals surface area contributed by atoms with Crippen molar-refractivity contribution in [3.63, 3.8) is 0 Å². The lowest BCUT2D eigenvalue weighted by molar-refractivity contribution is -0.116. The summed E-state index contributed by atoms with van der Waals surface area (Å²) in [4.78, 5) is 24.0. The van der Waals surface area contributed by atoms with Crippen LogP contribution < -0.4 is 20.1 Å². The van der Waals surface area contributed by atoms with Gasteiger partial charge in [-0.1, -0.05) is 29.8 Å². The highest BCUT2D eigenvalue weighted by atomic mass is 35.5. The van der Waals surface area contributed by atoms with Gasteiger partial charge in [-0.3, -0.25) is 9.59 Å². The van der Waals surface area contributed by atoms with Gasteiger partial charge in [-0.05, 0) is 35.9 Å². The van der Waals surface area contributed by atoms with Crippen LogP contribution in [0.4, 0.5) is 0 Å². The van der Waals surface area contributed by atoms with Crippen molar-refractivity contribution >= 4 is 29.5 Å². The van der Waals surface area contributed by atoms with Gasteiger partial charge in [0.15, 0.2) is 11.5 Å². The molecule has 2 aromatic carbocycles. The molecule has 2 rings (SSSR count). The highest BCUT2D eigenvalue weighted by Crippen LogP contribution is 2.27. The van der Waals surface area contributed by atoms with Gasteiger partial charge in [0.25, 0.3) is 5.91 Å². The summed E-state index contributed by atoms with van der Waals surface area (Å²) in [7, 11) is 3.03. The molecule has 0 spiro atoms. The molecule has 0 aliphatic heterocycles. The van der Waals surface area contributed by atoms with Gasteiger partial charge in [0.1, 0.15) is 0 Å². The quantitative estimate of drug-likeness (QED) is 0.538. The SMILES string of the molecule is COc1ccc(C(=O)NCCNC(=O)/C=C/c2ccccc2Cl)cc1OC. The van der Waals surface area contributed by atoms with E-state index in [0.29, 0.717) is 35.2 Å². The second-order valence-corrected chi connectivity index (χ2v) is 5.88. The number of nitrogens with one attached hydrogen (secondary N) is 2. The van der Waals surface area contributed by atoms with Crippen LogP contribution in [-0.2, 0) is 4.79 Å². The summed E-state index contributed by atoms with van der Waals surface area (Å²) in [6.45, 7) is 0.587. The van der Waals surface area contributed by atoms with Crippen LogP contribution in [0.2, 0.25) is 5.02 Å². The summed E-state index contributed by atoms with van der Waals surface area (Å²) in [5.74, 6) is 0.488. The Kier molecular flexibility index (Phi) is 7.70. The van der Waals surface area contributed by atoms with E-state index in [-0.39, 0.29) is 11.8 Å². The molecule has 0 fully saturated rings. The number of ether oxygens (including phenoxy) is 2. The number of carbonyl (C=O) groups is 2. The molecule has 0 unspecified atom stereocenters. The zero-order valence-corrected chi connectivity index (χ0v) is 15.9. The van der Waals surface area contributed by atoms with Crippen LogP contribution in [0.25, 0.3) is 6.08 Å². The Labute approximate surface area is 163 Å². The molecule has 0 atom stereocenters. The lowest BCUT2D eigenvalue weighted by Crippen LogP contribution is -2.34. The Balaban J connectivity index is 1.78. The molecular weight excluding hydrogens is 368 g/mol. The molecule has 27 heavy (non-hydrogen) atoms. The van der Waals surface area contributed by atoms with Gasteiger partial charge in [0.05, 0.1) is 14.2 Å². The van der Waals surface area contributed by atoms with Crippen molar-refractivity contribution in [1.29, 1.82) is 0 Å². The molecule has 2 aromatic rings. The van der Waals surface area contributed by atoms with E-state index in [1.807, 2.05) is 18.2 Å². The minimum Gasteiger partial charge on any atom is -0.493 e. The fraction of sp³-hybridized carbons (Fsp3) is 0.200. The molecule has 0 saturated heterocycles. The first-order valence-corrected chi connectivity index (χ1v) is 8.63. The molecule has 0 bridgehead atoms. The monoisotopic (exact) mass is 388 g/mol. The summed E-state index contributed by atoms with van der Waals surface area (Å²) < 4.78 is 10.3. The first kappa shape index (κ1) is 20.3. The second kappa shape index (κ2) is 10.2. The smallest absolute Gasteiger partial charge is 0.251 e. The van der Waals surface area contributed by atoms with Crippen molar-refractivity contribution < 1.29 is 19.1 Å². The van der Waals surface area contributed by atoms with E-state index in [1.165, 1.54) is 20.3 Å². The first-order chi connectivity index (χ1) is 13.0. The summed E-state index contributed by atoms with van der Waals surface area (Å²) in [6.07, 6.45) is 3.04. The Morgan fingerprint density at radius 1 is 1.00 bits per heavy atom. The normalized spacial score (nSPS) is 10.5. The summed E-state index contributed by atoms with van der Waals surface area (Å²) >= 11 is 6.02. The van der Waals surface area contributed by atoms with Crippen molar-refractivity contribution in [3.8, 4) is 11.5 Å². The van der Waals surface area contributed by atoms with Gasteiger partial charge in [-0.2, -0.15) is 0 Å². The Morgan fingerprint density at radius 3 is 2.41 bits per heavy atom. The van der Waals surface area contributed by atoms with Crippen molar-refractivity contribution in [1.82, 2.24) is 10.6 Å². The highest BCUT2D eigenvalue weighted by molar-refractivity contribution is 6.32. The third-order valence-corrected chi connectivity index (χ3v) is 4.02. The van der Waals surface area contributed by atoms with Gasteiger partial charge in [-0.25, -0.2) is 0 Å². The first-order valence-electron chi connectivity index (χ1n) is 8.26. The molecule has 0 aliphatic rings. The van der Waals surface area contributed by atoms with E-state index in [0.717, 1.165) is 5.56 Å². The standard InChI is InChI=1S/C20H21ClN2O4/c1-26-17-9-7-15(13-18(17)27-2)20(25)23-12-11-22-19(24)10-8-14-5-3-4-6-16(14)21/h3-10,13H,11-12H2,1-2H3,(H,22,24)(H,23,25)/b10-8+. The second-order valence-electron chi connectivity index (χ2n) is 5.47. The lowest BCUT2D eigenvalue weighted by atomic mass is 10.2. The average molecular weight is 389 g/mol. The largest absolute Gasteiger partial charge is 0.493 e. The van der Waals surface area contributed by atoms with Crippen LogP contribution in [0.15, 0.2) is 48.5 Å². The lowest BCUT2D eigenvalue weighted by Gasteiger charge is -2.10. The molecule has 0 saturated carbocycles. The van der Waals surface area contributed by atoms with E-state index in [1.54, 1.807) is 30.3 Å². The van der Waals surface area contributed by atoms with Gasteiger partial charge in [0.2, 0.25) is 5.91 Å². The van der Waals surface area contributed by atoms with Crippen LogP contribution in [0, 0.1) is 0 Å². The molecule has 2 N–H and O–H groups in total. The number of benzene rings is 2. The number of methoxy groups -OCH3 is 2. The van der Waals surface area contributed by atoms with Crippen LogP contribution in [0.3, 0.4) is 0 Å². The van der Waals surface area contributed by atoms with Crippen molar-refractivity contribution in [2.75, 3.05) is 27.3 Å². The van der Waals surface area contributed by atoms with E-state index < -0.39 is 0 Å². The molecule has 0 radical (unpaired) electrons. The minimum atomic E-state index is -0.268. The van der Waals surface area contributed by atoms with Crippen LogP contribution in [-0.4, -0.2) is 39.1 Å². The van der Waals surface area contributed by atoms with Crippen molar-refractivity contribution in [3.05, 3.63) is 64.7 Å². The fourth-order valence-electron chi connectivity index (χ4n) is 2.28. The average Bonchev–Trinajstić information content (AvgIpc) is 2.69. The summed E-state index contributed by atoms with van der Waals surface area (Å²) in [5, 5.41) is 6.00. The minimum absolute atomic E-state index is 0.267. The molecule has 6 nitrogen and oxygen atoms in total. The number of rotatable bonds is 8. The Hall–Kier alpha value is -2.99. The zero-order chi connectivity index (χ0) is 19.6. The molecule has 0 aliphatic carbocycles.